The van der Waals surface area contributed by atoms with E-state index in [-0.39, 0.29) is 17.7 Å². The first-order valence-electron chi connectivity index (χ1n) is 9.61. The van der Waals surface area contributed by atoms with Crippen LogP contribution < -0.4 is 4.74 Å². The number of carbonyl (C=O) groups excluding carboxylic acids is 3. The maximum absolute atomic E-state index is 12.4. The lowest BCUT2D eigenvalue weighted by molar-refractivity contribution is 0.0473. The quantitative estimate of drug-likeness (QED) is 0.540. The number of rotatable bonds is 8. The molecule has 2 aromatic rings. The number of ether oxygens (including phenoxy) is 3. The lowest BCUT2D eigenvalue weighted by Crippen LogP contribution is -2.16. The summed E-state index contributed by atoms with van der Waals surface area (Å²) >= 11 is 0. The highest BCUT2D eigenvalue weighted by Gasteiger charge is 2.21. The van der Waals surface area contributed by atoms with Gasteiger partial charge in [0.1, 0.15) is 12.4 Å². The number of aromatic amines is 1. The van der Waals surface area contributed by atoms with E-state index in [0.717, 1.165) is 19.4 Å². The average Bonchev–Trinajstić information content (AvgIpc) is 3.32. The summed E-state index contributed by atoms with van der Waals surface area (Å²) in [6, 6.07) is 6.56. The molecule has 1 atom stereocenters. The molecule has 7 heteroatoms. The predicted octanol–water partition coefficient (Wildman–Crippen LogP) is 3.43. The fourth-order valence-electron chi connectivity index (χ4n) is 3.50. The van der Waals surface area contributed by atoms with Crippen LogP contribution in [0.2, 0.25) is 0 Å². The monoisotopic (exact) mass is 399 g/mol. The standard InChI is InChI=1S/C22H25NO6/c1-13-20(15(3)24)14(2)23-21(13)19(25)12-29-22(26)16-6-8-17(9-7-16)28-11-18-5-4-10-27-18/h6-9,18,23H,4-5,10-12H2,1-3H3/t18-/m1/s1. The molecular formula is C22H25NO6. The van der Waals surface area contributed by atoms with E-state index in [0.29, 0.717) is 40.4 Å². The summed E-state index contributed by atoms with van der Waals surface area (Å²) in [6.07, 6.45) is 2.16. The minimum atomic E-state index is -0.600. The Morgan fingerprint density at radius 2 is 1.90 bits per heavy atom. The average molecular weight is 399 g/mol. The number of aromatic nitrogens is 1. The number of hydrogen-bond acceptors (Lipinski definition) is 6. The lowest BCUT2D eigenvalue weighted by atomic mass is 10.1. The van der Waals surface area contributed by atoms with Crippen LogP contribution in [0, 0.1) is 13.8 Å². The molecule has 1 aliphatic rings. The van der Waals surface area contributed by atoms with Gasteiger partial charge in [-0.1, -0.05) is 0 Å². The largest absolute Gasteiger partial charge is 0.491 e. The smallest absolute Gasteiger partial charge is 0.338 e. The van der Waals surface area contributed by atoms with Crippen LogP contribution in [0.4, 0.5) is 0 Å². The van der Waals surface area contributed by atoms with Gasteiger partial charge in [0.05, 0.1) is 17.4 Å². The van der Waals surface area contributed by atoms with Crippen LogP contribution in [0.1, 0.15) is 62.2 Å². The van der Waals surface area contributed by atoms with E-state index < -0.39 is 12.6 Å². The first kappa shape index (κ1) is 20.8. The number of nitrogens with one attached hydrogen (secondary N) is 1. The molecule has 1 aromatic carbocycles. The summed E-state index contributed by atoms with van der Waals surface area (Å²) in [5.74, 6) is -0.462. The zero-order chi connectivity index (χ0) is 21.0. The number of ketones is 2. The van der Waals surface area contributed by atoms with Crippen molar-refractivity contribution >= 4 is 17.5 Å². The van der Waals surface area contributed by atoms with Gasteiger partial charge in [0.15, 0.2) is 12.4 Å². The third-order valence-corrected chi connectivity index (χ3v) is 4.95. The molecule has 2 heterocycles. The molecule has 1 aliphatic heterocycles. The molecule has 0 radical (unpaired) electrons. The molecule has 1 aromatic heterocycles. The molecule has 29 heavy (non-hydrogen) atoms. The van der Waals surface area contributed by atoms with E-state index in [1.54, 1.807) is 38.1 Å². The third kappa shape index (κ3) is 4.92. The highest BCUT2D eigenvalue weighted by atomic mass is 16.5. The van der Waals surface area contributed by atoms with Crippen LogP contribution in [-0.4, -0.2) is 48.4 Å². The number of H-pyrrole nitrogens is 1. The maximum atomic E-state index is 12.4. The minimum absolute atomic E-state index is 0.117. The van der Waals surface area contributed by atoms with Crippen LogP contribution in [0.25, 0.3) is 0 Å². The third-order valence-electron chi connectivity index (χ3n) is 4.95. The summed E-state index contributed by atoms with van der Waals surface area (Å²) in [5.41, 5.74) is 2.31. The highest BCUT2D eigenvalue weighted by Crippen LogP contribution is 2.20. The van der Waals surface area contributed by atoms with E-state index in [4.69, 9.17) is 14.2 Å². The molecule has 0 amide bonds. The first-order chi connectivity index (χ1) is 13.9. The summed E-state index contributed by atoms with van der Waals surface area (Å²) in [7, 11) is 0. The molecule has 0 unspecified atom stereocenters. The predicted molar refractivity (Wildman–Crippen MR) is 106 cm³/mol. The second-order valence-corrected chi connectivity index (χ2v) is 7.15. The molecule has 1 saturated heterocycles. The number of aryl methyl sites for hydroxylation is 1. The fraction of sp³-hybridized carbons (Fsp3) is 0.409. The minimum Gasteiger partial charge on any atom is -0.491 e. The van der Waals surface area contributed by atoms with Crippen molar-refractivity contribution in [1.82, 2.24) is 4.98 Å². The van der Waals surface area contributed by atoms with E-state index in [1.807, 2.05) is 0 Å². The number of benzene rings is 1. The van der Waals surface area contributed by atoms with E-state index in [1.165, 1.54) is 6.92 Å². The molecule has 1 N–H and O–H groups in total. The van der Waals surface area contributed by atoms with Crippen molar-refractivity contribution in [2.45, 2.75) is 39.7 Å². The van der Waals surface area contributed by atoms with Crippen molar-refractivity contribution in [3.05, 3.63) is 52.3 Å². The first-order valence-corrected chi connectivity index (χ1v) is 9.61. The van der Waals surface area contributed by atoms with Crippen LogP contribution in [0.3, 0.4) is 0 Å². The molecule has 1 fully saturated rings. The van der Waals surface area contributed by atoms with Crippen molar-refractivity contribution in [3.63, 3.8) is 0 Å². The molecule has 154 valence electrons. The van der Waals surface area contributed by atoms with Crippen LogP contribution >= 0.6 is 0 Å². The highest BCUT2D eigenvalue weighted by molar-refractivity contribution is 6.04. The summed E-state index contributed by atoms with van der Waals surface area (Å²) in [6.45, 7) is 5.73. The van der Waals surface area contributed by atoms with Gasteiger partial charge in [-0.05, 0) is 63.4 Å². The number of esters is 1. The maximum Gasteiger partial charge on any atom is 0.338 e. The van der Waals surface area contributed by atoms with Crippen molar-refractivity contribution in [3.8, 4) is 5.75 Å². The van der Waals surface area contributed by atoms with Crippen molar-refractivity contribution < 1.29 is 28.6 Å². The van der Waals surface area contributed by atoms with E-state index >= 15 is 0 Å². The van der Waals surface area contributed by atoms with Crippen molar-refractivity contribution in [2.24, 2.45) is 0 Å². The van der Waals surface area contributed by atoms with Crippen LogP contribution in [-0.2, 0) is 9.47 Å². The second kappa shape index (κ2) is 9.05. The molecule has 0 bridgehead atoms. The van der Waals surface area contributed by atoms with Gasteiger partial charge >= 0.3 is 5.97 Å². The van der Waals surface area contributed by atoms with Crippen molar-refractivity contribution in [1.29, 1.82) is 0 Å². The Morgan fingerprint density at radius 1 is 1.17 bits per heavy atom. The van der Waals surface area contributed by atoms with Gasteiger partial charge < -0.3 is 19.2 Å². The van der Waals surface area contributed by atoms with Crippen LogP contribution in [0.15, 0.2) is 24.3 Å². The topological polar surface area (TPSA) is 94.7 Å². The Kier molecular flexibility index (Phi) is 6.49. The summed E-state index contributed by atoms with van der Waals surface area (Å²) in [4.78, 5) is 39.2. The number of carbonyl (C=O) groups is 3. The molecular weight excluding hydrogens is 374 g/mol. The second-order valence-electron chi connectivity index (χ2n) is 7.15. The number of hydrogen-bond donors (Lipinski definition) is 1. The summed E-state index contributed by atoms with van der Waals surface area (Å²) < 4.78 is 16.3. The molecule has 7 nitrogen and oxygen atoms in total. The Balaban J connectivity index is 1.54. The zero-order valence-electron chi connectivity index (χ0n) is 16.9. The van der Waals surface area contributed by atoms with Gasteiger partial charge in [-0.2, -0.15) is 0 Å². The Hall–Kier alpha value is -2.93. The van der Waals surface area contributed by atoms with Crippen molar-refractivity contribution in [2.75, 3.05) is 19.8 Å². The Labute approximate surface area is 169 Å². The molecule has 0 aliphatic carbocycles. The van der Waals surface area contributed by atoms with Gasteiger partial charge in [-0.25, -0.2) is 4.79 Å². The van der Waals surface area contributed by atoms with E-state index in [2.05, 4.69) is 4.98 Å². The normalized spacial score (nSPS) is 15.9. The van der Waals surface area contributed by atoms with Gasteiger partial charge in [-0.3, -0.25) is 9.59 Å². The van der Waals surface area contributed by atoms with E-state index in [9.17, 15) is 14.4 Å². The Bertz CT molecular complexity index is 906. The van der Waals surface area contributed by atoms with Gasteiger partial charge in [0.25, 0.3) is 0 Å². The number of Topliss-reactive ketones (excluding diaryl/α,β-unsaturated/α-hetero) is 2. The molecule has 0 spiro atoms. The van der Waals surface area contributed by atoms with Gasteiger partial charge in [-0.15, -0.1) is 0 Å². The Morgan fingerprint density at radius 3 is 2.48 bits per heavy atom. The summed E-state index contributed by atoms with van der Waals surface area (Å²) in [5, 5.41) is 0. The molecule has 3 rings (SSSR count). The lowest BCUT2D eigenvalue weighted by Gasteiger charge is -2.11. The fourth-order valence-corrected chi connectivity index (χ4v) is 3.50. The van der Waals surface area contributed by atoms with Gasteiger partial charge in [0.2, 0.25) is 5.78 Å². The van der Waals surface area contributed by atoms with Gasteiger partial charge in [0, 0.05) is 17.9 Å². The van der Waals surface area contributed by atoms with Crippen LogP contribution in [0.5, 0.6) is 5.75 Å². The molecule has 0 saturated carbocycles. The SMILES string of the molecule is CC(=O)c1c(C)[nH]c(C(=O)COC(=O)c2ccc(OC[C@H]3CCCO3)cc2)c1C. The zero-order valence-corrected chi connectivity index (χ0v) is 16.9.